The number of amides is 1. The standard InChI is InChI=1S/C15H19N3O2/c1-10(2)12-9-14(18-17-12)16-15(19)8-11-6-4-5-7-13(11)20-3/h4-7,9-10H,8H2,1-3H3,(H2,16,17,18,19). The largest absolute Gasteiger partial charge is 0.496 e. The molecule has 20 heavy (non-hydrogen) atoms. The summed E-state index contributed by atoms with van der Waals surface area (Å²) in [5.41, 5.74) is 1.85. The quantitative estimate of drug-likeness (QED) is 0.880. The Morgan fingerprint density at radius 2 is 2.15 bits per heavy atom. The highest BCUT2D eigenvalue weighted by atomic mass is 16.5. The highest BCUT2D eigenvalue weighted by molar-refractivity contribution is 5.91. The molecule has 5 heteroatoms. The van der Waals surface area contributed by atoms with Crippen molar-refractivity contribution in [2.24, 2.45) is 0 Å². The molecular weight excluding hydrogens is 254 g/mol. The van der Waals surface area contributed by atoms with Crippen molar-refractivity contribution in [2.45, 2.75) is 26.2 Å². The molecular formula is C15H19N3O2. The Morgan fingerprint density at radius 1 is 1.40 bits per heavy atom. The molecule has 0 spiro atoms. The van der Waals surface area contributed by atoms with Crippen molar-refractivity contribution in [2.75, 3.05) is 12.4 Å². The summed E-state index contributed by atoms with van der Waals surface area (Å²) in [6, 6.07) is 9.33. The van der Waals surface area contributed by atoms with Crippen molar-refractivity contribution in [1.82, 2.24) is 10.2 Å². The number of nitrogens with one attached hydrogen (secondary N) is 2. The van der Waals surface area contributed by atoms with Gasteiger partial charge in [-0.1, -0.05) is 32.0 Å². The summed E-state index contributed by atoms with van der Waals surface area (Å²) >= 11 is 0. The fourth-order valence-corrected chi connectivity index (χ4v) is 1.91. The van der Waals surface area contributed by atoms with Crippen LogP contribution >= 0.6 is 0 Å². The van der Waals surface area contributed by atoms with Crippen LogP contribution in [-0.2, 0) is 11.2 Å². The Bertz CT molecular complexity index is 590. The molecule has 0 saturated carbocycles. The summed E-state index contributed by atoms with van der Waals surface area (Å²) in [4.78, 5) is 12.0. The molecule has 2 aromatic rings. The number of ether oxygens (including phenoxy) is 1. The van der Waals surface area contributed by atoms with Gasteiger partial charge in [0, 0.05) is 17.3 Å². The number of carbonyl (C=O) groups is 1. The molecule has 0 aliphatic rings. The predicted octanol–water partition coefficient (Wildman–Crippen LogP) is 2.72. The van der Waals surface area contributed by atoms with Crippen LogP contribution in [0.25, 0.3) is 0 Å². The Kier molecular flexibility index (Phi) is 4.40. The third kappa shape index (κ3) is 3.38. The van der Waals surface area contributed by atoms with Crippen LogP contribution < -0.4 is 10.1 Å². The number of benzene rings is 1. The van der Waals surface area contributed by atoms with Crippen molar-refractivity contribution in [3.8, 4) is 5.75 Å². The minimum Gasteiger partial charge on any atom is -0.496 e. The van der Waals surface area contributed by atoms with E-state index in [-0.39, 0.29) is 12.3 Å². The highest BCUT2D eigenvalue weighted by Gasteiger charge is 2.11. The first-order valence-corrected chi connectivity index (χ1v) is 6.57. The zero-order chi connectivity index (χ0) is 14.5. The maximum Gasteiger partial charge on any atom is 0.230 e. The topological polar surface area (TPSA) is 67.0 Å². The van der Waals surface area contributed by atoms with E-state index in [2.05, 4.69) is 29.4 Å². The maximum absolute atomic E-state index is 12.0. The van der Waals surface area contributed by atoms with Crippen LogP contribution in [-0.4, -0.2) is 23.2 Å². The Labute approximate surface area is 118 Å². The first-order valence-electron chi connectivity index (χ1n) is 6.57. The number of para-hydroxylation sites is 1. The number of aromatic amines is 1. The minimum atomic E-state index is -0.115. The molecule has 0 radical (unpaired) electrons. The van der Waals surface area contributed by atoms with E-state index < -0.39 is 0 Å². The molecule has 0 bridgehead atoms. The van der Waals surface area contributed by atoms with Crippen LogP contribution in [0.5, 0.6) is 5.75 Å². The summed E-state index contributed by atoms with van der Waals surface area (Å²) < 4.78 is 5.23. The van der Waals surface area contributed by atoms with Crippen molar-refractivity contribution >= 4 is 11.7 Å². The first-order chi connectivity index (χ1) is 9.60. The second kappa shape index (κ2) is 6.23. The maximum atomic E-state index is 12.0. The monoisotopic (exact) mass is 273 g/mol. The third-order valence-electron chi connectivity index (χ3n) is 3.03. The van der Waals surface area contributed by atoms with Crippen LogP contribution in [0.4, 0.5) is 5.82 Å². The van der Waals surface area contributed by atoms with Crippen molar-refractivity contribution in [3.05, 3.63) is 41.6 Å². The number of anilines is 1. The molecule has 2 rings (SSSR count). The Morgan fingerprint density at radius 3 is 2.80 bits per heavy atom. The van der Waals surface area contributed by atoms with E-state index in [1.54, 1.807) is 7.11 Å². The van der Waals surface area contributed by atoms with Gasteiger partial charge < -0.3 is 10.1 Å². The number of rotatable bonds is 5. The molecule has 2 N–H and O–H groups in total. The smallest absolute Gasteiger partial charge is 0.230 e. The van der Waals surface area contributed by atoms with E-state index >= 15 is 0 Å². The number of nitrogens with zero attached hydrogens (tertiary/aromatic N) is 1. The van der Waals surface area contributed by atoms with E-state index in [0.29, 0.717) is 17.5 Å². The molecule has 0 aliphatic heterocycles. The van der Waals surface area contributed by atoms with E-state index in [0.717, 1.165) is 11.3 Å². The molecule has 1 aromatic carbocycles. The van der Waals surface area contributed by atoms with Crippen LogP contribution in [0.15, 0.2) is 30.3 Å². The Hall–Kier alpha value is -2.30. The number of H-pyrrole nitrogens is 1. The molecule has 1 heterocycles. The summed E-state index contributed by atoms with van der Waals surface area (Å²) in [5.74, 6) is 1.50. The van der Waals surface area contributed by atoms with Gasteiger partial charge in [0.05, 0.1) is 13.5 Å². The fourth-order valence-electron chi connectivity index (χ4n) is 1.91. The Balaban J connectivity index is 2.01. The fraction of sp³-hybridized carbons (Fsp3) is 0.333. The van der Waals surface area contributed by atoms with Gasteiger partial charge in [-0.25, -0.2) is 0 Å². The zero-order valence-corrected chi connectivity index (χ0v) is 11.9. The molecule has 0 atom stereocenters. The number of hydrogen-bond donors (Lipinski definition) is 2. The number of carbonyl (C=O) groups excluding carboxylic acids is 1. The normalized spacial score (nSPS) is 10.6. The minimum absolute atomic E-state index is 0.115. The predicted molar refractivity (Wildman–Crippen MR) is 78.0 cm³/mol. The van der Waals surface area contributed by atoms with Gasteiger partial charge in [-0.3, -0.25) is 9.89 Å². The van der Waals surface area contributed by atoms with E-state index in [1.165, 1.54) is 0 Å². The van der Waals surface area contributed by atoms with Gasteiger partial charge in [-0.15, -0.1) is 0 Å². The van der Waals surface area contributed by atoms with Gasteiger partial charge in [-0.05, 0) is 12.0 Å². The molecule has 1 aromatic heterocycles. The second-order valence-electron chi connectivity index (χ2n) is 4.90. The van der Waals surface area contributed by atoms with Gasteiger partial charge in [0.25, 0.3) is 0 Å². The number of methoxy groups -OCH3 is 1. The molecule has 0 unspecified atom stereocenters. The van der Waals surface area contributed by atoms with E-state index in [4.69, 9.17) is 4.74 Å². The third-order valence-corrected chi connectivity index (χ3v) is 3.03. The van der Waals surface area contributed by atoms with Crippen LogP contribution in [0, 0.1) is 0 Å². The average Bonchev–Trinajstić information content (AvgIpc) is 2.88. The lowest BCUT2D eigenvalue weighted by Gasteiger charge is -2.07. The van der Waals surface area contributed by atoms with Crippen molar-refractivity contribution < 1.29 is 9.53 Å². The molecule has 0 saturated heterocycles. The lowest BCUT2D eigenvalue weighted by Crippen LogP contribution is -2.15. The van der Waals surface area contributed by atoms with Gasteiger partial charge in [-0.2, -0.15) is 5.10 Å². The molecule has 0 fully saturated rings. The van der Waals surface area contributed by atoms with Crippen molar-refractivity contribution in [1.29, 1.82) is 0 Å². The average molecular weight is 273 g/mol. The first kappa shape index (κ1) is 14.1. The SMILES string of the molecule is COc1ccccc1CC(=O)Nc1cc(C(C)C)[nH]n1. The van der Waals surface area contributed by atoms with Gasteiger partial charge >= 0.3 is 0 Å². The van der Waals surface area contributed by atoms with Crippen LogP contribution in [0.1, 0.15) is 31.0 Å². The molecule has 1 amide bonds. The van der Waals surface area contributed by atoms with E-state index in [9.17, 15) is 4.79 Å². The number of hydrogen-bond acceptors (Lipinski definition) is 3. The zero-order valence-electron chi connectivity index (χ0n) is 11.9. The second-order valence-corrected chi connectivity index (χ2v) is 4.90. The van der Waals surface area contributed by atoms with Gasteiger partial charge in [0.1, 0.15) is 5.75 Å². The van der Waals surface area contributed by atoms with E-state index in [1.807, 2.05) is 30.3 Å². The molecule has 0 aliphatic carbocycles. The summed E-state index contributed by atoms with van der Waals surface area (Å²) in [6.07, 6.45) is 0.258. The van der Waals surface area contributed by atoms with Gasteiger partial charge in [0.2, 0.25) is 5.91 Å². The number of aromatic nitrogens is 2. The summed E-state index contributed by atoms with van der Waals surface area (Å²) in [5, 5.41) is 9.76. The molecule has 106 valence electrons. The van der Waals surface area contributed by atoms with Gasteiger partial charge in [0.15, 0.2) is 5.82 Å². The highest BCUT2D eigenvalue weighted by Crippen LogP contribution is 2.19. The molecule has 5 nitrogen and oxygen atoms in total. The lowest BCUT2D eigenvalue weighted by atomic mass is 10.1. The summed E-state index contributed by atoms with van der Waals surface area (Å²) in [7, 11) is 1.60. The van der Waals surface area contributed by atoms with Crippen LogP contribution in [0.3, 0.4) is 0 Å². The lowest BCUT2D eigenvalue weighted by molar-refractivity contribution is -0.115. The summed E-state index contributed by atoms with van der Waals surface area (Å²) in [6.45, 7) is 4.13. The van der Waals surface area contributed by atoms with Crippen LogP contribution in [0.2, 0.25) is 0 Å². The van der Waals surface area contributed by atoms with Crippen molar-refractivity contribution in [3.63, 3.8) is 0 Å².